The van der Waals surface area contributed by atoms with E-state index >= 15 is 0 Å². The molecule has 3 heterocycles. The fourth-order valence-corrected chi connectivity index (χ4v) is 3.69. The molecule has 0 spiro atoms. The molecule has 4 rings (SSSR count). The van der Waals surface area contributed by atoms with Gasteiger partial charge in [0.1, 0.15) is 11.9 Å². The van der Waals surface area contributed by atoms with Gasteiger partial charge in [0.15, 0.2) is 0 Å². The predicted molar refractivity (Wildman–Crippen MR) is 104 cm³/mol. The number of aryl methyl sites for hydroxylation is 1. The summed E-state index contributed by atoms with van der Waals surface area (Å²) in [5.41, 5.74) is 3.07. The van der Waals surface area contributed by atoms with Gasteiger partial charge in [-0.1, -0.05) is 24.8 Å². The van der Waals surface area contributed by atoms with Crippen molar-refractivity contribution < 1.29 is 19.0 Å². The summed E-state index contributed by atoms with van der Waals surface area (Å²) in [5.74, 6) is -0.0129. The molecule has 2 aliphatic heterocycles. The van der Waals surface area contributed by atoms with Crippen molar-refractivity contribution >= 4 is 22.9 Å². The summed E-state index contributed by atoms with van der Waals surface area (Å²) in [6, 6.07) is 2.82. The first-order chi connectivity index (χ1) is 13.9. The zero-order chi connectivity index (χ0) is 20.7. The topological polar surface area (TPSA) is 93.4 Å². The molecule has 8 nitrogen and oxygen atoms in total. The smallest absolute Gasteiger partial charge is 0.415 e. The number of rotatable bonds is 5. The van der Waals surface area contributed by atoms with Gasteiger partial charge >= 0.3 is 6.09 Å². The van der Waals surface area contributed by atoms with Crippen LogP contribution in [0, 0.1) is 5.82 Å². The number of tetrazole rings is 1. The van der Waals surface area contributed by atoms with Crippen LogP contribution in [-0.2, 0) is 18.2 Å². The van der Waals surface area contributed by atoms with E-state index in [0.717, 1.165) is 5.57 Å². The van der Waals surface area contributed by atoms with Gasteiger partial charge in [-0.15, -0.1) is 10.2 Å². The molecule has 1 aromatic heterocycles. The van der Waals surface area contributed by atoms with E-state index in [-0.39, 0.29) is 12.3 Å². The lowest BCUT2D eigenvalue weighted by Crippen LogP contribution is -2.35. The van der Waals surface area contributed by atoms with Crippen LogP contribution in [0.1, 0.15) is 23.9 Å². The first kappa shape index (κ1) is 19.0. The number of hydrogen-bond acceptors (Lipinski definition) is 6. The number of cyclic esters (lactones) is 1. The van der Waals surface area contributed by atoms with E-state index in [1.807, 2.05) is 19.1 Å². The monoisotopic (exact) mass is 397 g/mol. The van der Waals surface area contributed by atoms with Gasteiger partial charge in [-0.05, 0) is 53.0 Å². The number of aromatic nitrogens is 4. The molecule has 2 unspecified atom stereocenters. The summed E-state index contributed by atoms with van der Waals surface area (Å²) < 4.78 is 20.1. The molecule has 150 valence electrons. The molecule has 2 aliphatic rings. The van der Waals surface area contributed by atoms with Crippen molar-refractivity contribution in [1.29, 1.82) is 0 Å². The Bertz CT molecular complexity index is 1060. The minimum absolute atomic E-state index is 0.221. The highest BCUT2D eigenvalue weighted by Crippen LogP contribution is 2.41. The van der Waals surface area contributed by atoms with E-state index in [4.69, 9.17) is 4.74 Å². The number of halogens is 1. The van der Waals surface area contributed by atoms with Crippen LogP contribution in [-0.4, -0.2) is 50.2 Å². The number of allylic oxidation sites excluding steroid dienone is 5. The fourth-order valence-electron chi connectivity index (χ4n) is 3.69. The number of hydrogen-bond donors (Lipinski definition) is 1. The van der Waals surface area contributed by atoms with Gasteiger partial charge in [0.25, 0.3) is 0 Å². The predicted octanol–water partition coefficient (Wildman–Crippen LogP) is 2.26. The van der Waals surface area contributed by atoms with Crippen LogP contribution in [0.4, 0.5) is 14.9 Å². The average Bonchev–Trinajstić information content (AvgIpc) is 3.37. The van der Waals surface area contributed by atoms with E-state index in [0.29, 0.717) is 28.9 Å². The van der Waals surface area contributed by atoms with Crippen LogP contribution in [0.15, 0.2) is 36.9 Å². The van der Waals surface area contributed by atoms with Crippen LogP contribution in [0.5, 0.6) is 0 Å². The normalized spacial score (nSPS) is 21.2. The number of amides is 1. The Hall–Kier alpha value is -3.33. The third kappa shape index (κ3) is 3.23. The minimum Gasteiger partial charge on any atom is -0.441 e. The van der Waals surface area contributed by atoms with Crippen LogP contribution >= 0.6 is 0 Å². The number of aliphatic hydroxyl groups excluding tert-OH is 1. The van der Waals surface area contributed by atoms with E-state index in [2.05, 4.69) is 22.0 Å². The molecular formula is C20H20FN5O3. The Morgan fingerprint density at radius 2 is 2.24 bits per heavy atom. The molecule has 2 atom stereocenters. The summed E-state index contributed by atoms with van der Waals surface area (Å²) in [6.45, 7) is 5.38. The van der Waals surface area contributed by atoms with Gasteiger partial charge in [0.2, 0.25) is 5.82 Å². The van der Waals surface area contributed by atoms with Crippen LogP contribution in [0.3, 0.4) is 0 Å². The maximum Gasteiger partial charge on any atom is 0.415 e. The first-order valence-electron chi connectivity index (χ1n) is 9.11. The number of anilines is 1. The standard InChI is InChI=1S/C20H20FN5O3/c1-4-12(6-5-11(2)19-22-24-25(3)23-19)13-7-14-9-16-17(10-27)29-20(28)26(16)18(14)15(21)8-13/h4-8,16-17,27H,1,9-10H2,2-3H3. The lowest BCUT2D eigenvalue weighted by molar-refractivity contribution is 0.0830. The molecule has 1 fully saturated rings. The number of carbonyl (C=O) groups excluding carboxylic acids is 1. The molecule has 0 saturated carbocycles. The summed E-state index contributed by atoms with van der Waals surface area (Å²) in [5, 5.41) is 21.3. The highest BCUT2D eigenvalue weighted by atomic mass is 19.1. The van der Waals surface area contributed by atoms with Gasteiger partial charge < -0.3 is 9.84 Å². The van der Waals surface area contributed by atoms with Crippen molar-refractivity contribution in [3.63, 3.8) is 0 Å². The maximum absolute atomic E-state index is 14.9. The Morgan fingerprint density at radius 1 is 1.45 bits per heavy atom. The molecule has 0 radical (unpaired) electrons. The van der Waals surface area contributed by atoms with Crippen molar-refractivity contribution in [2.24, 2.45) is 7.05 Å². The molecule has 0 aliphatic carbocycles. The van der Waals surface area contributed by atoms with Crippen LogP contribution in [0.25, 0.3) is 11.1 Å². The van der Waals surface area contributed by atoms with Gasteiger partial charge in [-0.2, -0.15) is 4.80 Å². The molecule has 0 bridgehead atoms. The van der Waals surface area contributed by atoms with Crippen molar-refractivity contribution in [2.45, 2.75) is 25.5 Å². The van der Waals surface area contributed by atoms with E-state index < -0.39 is 24.1 Å². The van der Waals surface area contributed by atoms with E-state index in [9.17, 15) is 14.3 Å². The second kappa shape index (κ2) is 7.25. The molecule has 9 heteroatoms. The van der Waals surface area contributed by atoms with Crippen LogP contribution < -0.4 is 4.90 Å². The van der Waals surface area contributed by atoms with E-state index in [1.54, 1.807) is 19.2 Å². The Balaban J connectivity index is 1.68. The molecule has 1 N–H and O–H groups in total. The second-order valence-electron chi connectivity index (χ2n) is 6.99. The zero-order valence-electron chi connectivity index (χ0n) is 16.0. The number of fused-ring (bicyclic) bond motifs is 3. The Kier molecular flexibility index (Phi) is 4.75. The summed E-state index contributed by atoms with van der Waals surface area (Å²) in [7, 11) is 1.69. The van der Waals surface area contributed by atoms with Gasteiger partial charge in [0, 0.05) is 0 Å². The lowest BCUT2D eigenvalue weighted by Gasteiger charge is -2.15. The molecule has 1 aromatic carbocycles. The summed E-state index contributed by atoms with van der Waals surface area (Å²) in [4.78, 5) is 14.8. The third-order valence-electron chi connectivity index (χ3n) is 5.13. The second-order valence-corrected chi connectivity index (χ2v) is 6.99. The fraction of sp³-hybridized carbons (Fsp3) is 0.300. The number of aliphatic hydroxyl groups is 1. The summed E-state index contributed by atoms with van der Waals surface area (Å²) in [6.07, 6.45) is 4.39. The highest BCUT2D eigenvalue weighted by molar-refractivity contribution is 5.94. The summed E-state index contributed by atoms with van der Waals surface area (Å²) >= 11 is 0. The molecule has 2 aromatic rings. The molecular weight excluding hydrogens is 377 g/mol. The van der Waals surface area contributed by atoms with Crippen molar-refractivity contribution in [2.75, 3.05) is 11.5 Å². The number of carbonyl (C=O) groups is 1. The minimum atomic E-state index is -0.655. The largest absolute Gasteiger partial charge is 0.441 e. The first-order valence-corrected chi connectivity index (χ1v) is 9.11. The quantitative estimate of drug-likeness (QED) is 0.778. The SMILES string of the molecule is C=CC(=CC=C(C)c1nnn(C)n1)c1cc(F)c2c(c1)CC1C(CO)OC(=O)N21. The van der Waals surface area contributed by atoms with Gasteiger partial charge in [0.05, 0.1) is 25.4 Å². The number of ether oxygens (including phenoxy) is 1. The molecule has 29 heavy (non-hydrogen) atoms. The van der Waals surface area contributed by atoms with Crippen molar-refractivity contribution in [3.05, 3.63) is 59.7 Å². The van der Waals surface area contributed by atoms with Crippen LogP contribution in [0.2, 0.25) is 0 Å². The van der Waals surface area contributed by atoms with Crippen molar-refractivity contribution in [1.82, 2.24) is 20.2 Å². The van der Waals surface area contributed by atoms with Crippen molar-refractivity contribution in [3.8, 4) is 0 Å². The maximum atomic E-state index is 14.9. The number of nitrogens with zero attached hydrogens (tertiary/aromatic N) is 5. The number of benzene rings is 1. The highest BCUT2D eigenvalue weighted by Gasteiger charge is 2.48. The third-order valence-corrected chi connectivity index (χ3v) is 5.13. The Morgan fingerprint density at radius 3 is 2.90 bits per heavy atom. The van der Waals surface area contributed by atoms with Gasteiger partial charge in [-0.3, -0.25) is 4.90 Å². The lowest BCUT2D eigenvalue weighted by atomic mass is 9.99. The Labute approximate surface area is 166 Å². The average molecular weight is 397 g/mol. The molecule has 1 amide bonds. The van der Waals surface area contributed by atoms with E-state index in [1.165, 1.54) is 15.8 Å². The molecule has 1 saturated heterocycles. The van der Waals surface area contributed by atoms with Gasteiger partial charge in [-0.25, -0.2) is 9.18 Å². The zero-order valence-corrected chi connectivity index (χ0v) is 16.0.